The summed E-state index contributed by atoms with van der Waals surface area (Å²) < 4.78 is 11.0. The lowest BCUT2D eigenvalue weighted by atomic mass is 10.0. The summed E-state index contributed by atoms with van der Waals surface area (Å²) in [5.74, 6) is 1.61. The van der Waals surface area contributed by atoms with E-state index in [1.54, 1.807) is 19.5 Å². The van der Waals surface area contributed by atoms with E-state index in [0.29, 0.717) is 6.42 Å². The molecule has 0 spiro atoms. The van der Waals surface area contributed by atoms with Crippen molar-refractivity contribution in [1.29, 1.82) is 0 Å². The molecule has 4 heteroatoms. The van der Waals surface area contributed by atoms with Gasteiger partial charge in [-0.05, 0) is 43.5 Å². The second kappa shape index (κ2) is 7.09. The Balaban J connectivity index is 2.14. The predicted octanol–water partition coefficient (Wildman–Crippen LogP) is 3.12. The van der Waals surface area contributed by atoms with E-state index in [2.05, 4.69) is 4.98 Å². The fraction of sp³-hybridized carbons (Fsp3) is 0.353. The molecule has 1 unspecified atom stereocenters. The zero-order valence-corrected chi connectivity index (χ0v) is 12.7. The van der Waals surface area contributed by atoms with Gasteiger partial charge in [0.15, 0.2) is 0 Å². The van der Waals surface area contributed by atoms with Gasteiger partial charge >= 0.3 is 0 Å². The summed E-state index contributed by atoms with van der Waals surface area (Å²) in [6.07, 6.45) is 4.30. The van der Waals surface area contributed by atoms with Crippen molar-refractivity contribution in [2.24, 2.45) is 5.73 Å². The van der Waals surface area contributed by atoms with Crippen LogP contribution in [0.25, 0.3) is 0 Å². The second-order valence-electron chi connectivity index (χ2n) is 5.24. The lowest BCUT2D eigenvalue weighted by molar-refractivity contribution is 0.241. The monoisotopic (exact) mass is 286 g/mol. The van der Waals surface area contributed by atoms with Gasteiger partial charge in [0.05, 0.1) is 19.4 Å². The molecule has 0 radical (unpaired) electrons. The van der Waals surface area contributed by atoms with E-state index in [0.717, 1.165) is 22.6 Å². The fourth-order valence-corrected chi connectivity index (χ4v) is 2.20. The quantitative estimate of drug-likeness (QED) is 0.886. The first-order chi connectivity index (χ1) is 10.1. The van der Waals surface area contributed by atoms with Crippen molar-refractivity contribution in [3.63, 3.8) is 0 Å². The number of hydrogen-bond donors (Lipinski definition) is 1. The third kappa shape index (κ3) is 4.20. The van der Waals surface area contributed by atoms with Crippen LogP contribution in [-0.2, 0) is 6.42 Å². The van der Waals surface area contributed by atoms with E-state index in [-0.39, 0.29) is 12.1 Å². The van der Waals surface area contributed by atoms with Gasteiger partial charge in [-0.1, -0.05) is 18.2 Å². The molecule has 2 N–H and O–H groups in total. The van der Waals surface area contributed by atoms with Gasteiger partial charge in [-0.3, -0.25) is 4.98 Å². The zero-order chi connectivity index (χ0) is 15.2. The van der Waals surface area contributed by atoms with Crippen LogP contribution in [0.3, 0.4) is 0 Å². The largest absolute Gasteiger partial charge is 0.496 e. The van der Waals surface area contributed by atoms with Crippen LogP contribution in [0.4, 0.5) is 0 Å². The van der Waals surface area contributed by atoms with Crippen LogP contribution in [0.5, 0.6) is 11.5 Å². The third-order valence-corrected chi connectivity index (χ3v) is 3.17. The number of methoxy groups -OCH3 is 1. The van der Waals surface area contributed by atoms with Crippen molar-refractivity contribution in [3.05, 3.63) is 53.9 Å². The standard InChI is InChI=1S/C17H22N2O2/c1-12(2)21-15-8-14(10-19-11-15)16(18)9-13-6-4-5-7-17(13)20-3/h4-8,10-12,16H,9,18H2,1-3H3. The first-order valence-electron chi connectivity index (χ1n) is 7.09. The van der Waals surface area contributed by atoms with Crippen LogP contribution in [0.15, 0.2) is 42.7 Å². The van der Waals surface area contributed by atoms with Gasteiger partial charge in [-0.25, -0.2) is 0 Å². The predicted molar refractivity (Wildman–Crippen MR) is 83.6 cm³/mol. The van der Waals surface area contributed by atoms with Gasteiger partial charge in [0.1, 0.15) is 11.5 Å². The van der Waals surface area contributed by atoms with Crippen molar-refractivity contribution in [3.8, 4) is 11.5 Å². The lowest BCUT2D eigenvalue weighted by Crippen LogP contribution is -2.15. The molecule has 2 aromatic rings. The minimum absolute atomic E-state index is 0.118. The SMILES string of the molecule is COc1ccccc1CC(N)c1cncc(OC(C)C)c1. The molecule has 21 heavy (non-hydrogen) atoms. The van der Waals surface area contributed by atoms with Gasteiger partial charge < -0.3 is 15.2 Å². The molecule has 2 rings (SSSR count). The van der Waals surface area contributed by atoms with E-state index >= 15 is 0 Å². The maximum Gasteiger partial charge on any atom is 0.138 e. The Hall–Kier alpha value is -2.07. The molecule has 0 fully saturated rings. The molecule has 0 aliphatic rings. The molecular formula is C17H22N2O2. The summed E-state index contributed by atoms with van der Waals surface area (Å²) in [4.78, 5) is 4.21. The summed E-state index contributed by atoms with van der Waals surface area (Å²) in [5, 5.41) is 0. The van der Waals surface area contributed by atoms with E-state index < -0.39 is 0 Å². The van der Waals surface area contributed by atoms with Crippen molar-refractivity contribution in [1.82, 2.24) is 4.98 Å². The number of nitrogens with two attached hydrogens (primary N) is 1. The van der Waals surface area contributed by atoms with Gasteiger partial charge in [-0.15, -0.1) is 0 Å². The maximum absolute atomic E-state index is 6.30. The summed E-state index contributed by atoms with van der Waals surface area (Å²) in [6, 6.07) is 9.71. The molecule has 1 heterocycles. The molecule has 112 valence electrons. The molecule has 0 aliphatic heterocycles. The van der Waals surface area contributed by atoms with Gasteiger partial charge in [0, 0.05) is 12.2 Å². The van der Waals surface area contributed by atoms with Crippen LogP contribution < -0.4 is 15.2 Å². The van der Waals surface area contributed by atoms with Crippen LogP contribution >= 0.6 is 0 Å². The zero-order valence-electron chi connectivity index (χ0n) is 12.7. The van der Waals surface area contributed by atoms with Gasteiger partial charge in [0.2, 0.25) is 0 Å². The smallest absolute Gasteiger partial charge is 0.138 e. The topological polar surface area (TPSA) is 57.4 Å². The highest BCUT2D eigenvalue weighted by atomic mass is 16.5. The van der Waals surface area contributed by atoms with Crippen molar-refractivity contribution in [2.75, 3.05) is 7.11 Å². The molecule has 4 nitrogen and oxygen atoms in total. The minimum atomic E-state index is -0.149. The highest BCUT2D eigenvalue weighted by Gasteiger charge is 2.12. The highest BCUT2D eigenvalue weighted by molar-refractivity contribution is 5.35. The maximum atomic E-state index is 6.30. The summed E-state index contributed by atoms with van der Waals surface area (Å²) >= 11 is 0. The number of pyridine rings is 1. The number of benzene rings is 1. The van der Waals surface area contributed by atoms with E-state index in [1.165, 1.54) is 0 Å². The van der Waals surface area contributed by atoms with Crippen molar-refractivity contribution >= 4 is 0 Å². The van der Waals surface area contributed by atoms with Crippen LogP contribution in [-0.4, -0.2) is 18.2 Å². The average molecular weight is 286 g/mol. The Morgan fingerprint density at radius 3 is 2.67 bits per heavy atom. The Morgan fingerprint density at radius 1 is 1.19 bits per heavy atom. The number of ether oxygens (including phenoxy) is 2. The summed E-state index contributed by atoms with van der Waals surface area (Å²) in [5.41, 5.74) is 8.34. The van der Waals surface area contributed by atoms with Crippen molar-refractivity contribution in [2.45, 2.75) is 32.4 Å². The molecule has 1 aromatic heterocycles. The Bertz CT molecular complexity index is 585. The lowest BCUT2D eigenvalue weighted by Gasteiger charge is -2.16. The Morgan fingerprint density at radius 2 is 1.95 bits per heavy atom. The van der Waals surface area contributed by atoms with E-state index in [9.17, 15) is 0 Å². The van der Waals surface area contributed by atoms with Crippen molar-refractivity contribution < 1.29 is 9.47 Å². The number of nitrogens with zero attached hydrogens (tertiary/aromatic N) is 1. The Kier molecular flexibility index (Phi) is 5.17. The average Bonchev–Trinajstić information content (AvgIpc) is 2.47. The van der Waals surface area contributed by atoms with E-state index in [4.69, 9.17) is 15.2 Å². The molecule has 1 atom stereocenters. The van der Waals surface area contributed by atoms with Crippen LogP contribution in [0.2, 0.25) is 0 Å². The molecule has 1 aromatic carbocycles. The number of para-hydroxylation sites is 1. The van der Waals surface area contributed by atoms with Gasteiger partial charge in [0.25, 0.3) is 0 Å². The second-order valence-corrected chi connectivity index (χ2v) is 5.24. The first kappa shape index (κ1) is 15.3. The number of aromatic nitrogens is 1. The molecule has 0 bridgehead atoms. The minimum Gasteiger partial charge on any atom is -0.496 e. The number of hydrogen-bond acceptors (Lipinski definition) is 4. The first-order valence-corrected chi connectivity index (χ1v) is 7.09. The highest BCUT2D eigenvalue weighted by Crippen LogP contribution is 2.25. The fourth-order valence-electron chi connectivity index (χ4n) is 2.20. The van der Waals surface area contributed by atoms with Crippen LogP contribution in [0, 0.1) is 0 Å². The molecule has 0 amide bonds. The van der Waals surface area contributed by atoms with E-state index in [1.807, 2.05) is 44.2 Å². The summed E-state index contributed by atoms with van der Waals surface area (Å²) in [7, 11) is 1.67. The third-order valence-electron chi connectivity index (χ3n) is 3.17. The molecule has 0 aliphatic carbocycles. The molecular weight excluding hydrogens is 264 g/mol. The molecule has 0 saturated heterocycles. The normalized spacial score (nSPS) is 12.2. The van der Waals surface area contributed by atoms with Crippen LogP contribution in [0.1, 0.15) is 31.0 Å². The number of rotatable bonds is 6. The summed E-state index contributed by atoms with van der Waals surface area (Å²) in [6.45, 7) is 3.98. The molecule has 0 saturated carbocycles. The van der Waals surface area contributed by atoms with Gasteiger partial charge in [-0.2, -0.15) is 0 Å². The Labute approximate surface area is 125 Å².